The second-order valence-electron chi connectivity index (χ2n) is 7.30. The Kier molecular flexibility index (Phi) is 5.04. The number of amides is 1. The molecule has 0 aliphatic carbocycles. The maximum atomic E-state index is 13.9. The molecular weight excluding hydrogens is 303 g/mol. The van der Waals surface area contributed by atoms with Gasteiger partial charge in [0.05, 0.1) is 5.41 Å². The molecule has 1 aromatic rings. The summed E-state index contributed by atoms with van der Waals surface area (Å²) in [5.41, 5.74) is 1.71. The van der Waals surface area contributed by atoms with Gasteiger partial charge in [-0.1, -0.05) is 29.8 Å². The number of carbonyl (C=O) groups is 1. The van der Waals surface area contributed by atoms with Crippen molar-refractivity contribution in [3.8, 4) is 0 Å². The molecular formula is C20H27FN2O. The number of likely N-dealkylation sites (tertiary alicyclic amines) is 2. The summed E-state index contributed by atoms with van der Waals surface area (Å²) in [6.45, 7) is 8.08. The van der Waals surface area contributed by atoms with Crippen molar-refractivity contribution in [1.29, 1.82) is 0 Å². The molecule has 0 N–H and O–H groups in total. The van der Waals surface area contributed by atoms with Gasteiger partial charge in [0.2, 0.25) is 5.91 Å². The van der Waals surface area contributed by atoms with Crippen LogP contribution in [0.1, 0.15) is 38.7 Å². The predicted octanol–water partition coefficient (Wildman–Crippen LogP) is 3.61. The van der Waals surface area contributed by atoms with Gasteiger partial charge in [-0.15, -0.1) is 0 Å². The minimum absolute atomic E-state index is 0.220. The van der Waals surface area contributed by atoms with Crippen molar-refractivity contribution < 1.29 is 9.18 Å². The van der Waals surface area contributed by atoms with E-state index in [-0.39, 0.29) is 17.1 Å². The number of nitrogens with zero attached hydrogens (tertiary/aromatic N) is 2. The summed E-state index contributed by atoms with van der Waals surface area (Å²) in [4.78, 5) is 17.4. The highest BCUT2D eigenvalue weighted by Gasteiger charge is 2.48. The molecule has 2 aliphatic heterocycles. The Morgan fingerprint density at radius 1 is 1.29 bits per heavy atom. The van der Waals surface area contributed by atoms with Crippen molar-refractivity contribution >= 4 is 5.91 Å². The molecule has 1 spiro atoms. The average molecular weight is 330 g/mol. The Morgan fingerprint density at radius 2 is 2.08 bits per heavy atom. The fraction of sp³-hybridized carbons (Fsp3) is 0.550. The molecule has 1 amide bonds. The Morgan fingerprint density at radius 3 is 2.83 bits per heavy atom. The van der Waals surface area contributed by atoms with Crippen molar-refractivity contribution in [3.63, 3.8) is 0 Å². The monoisotopic (exact) mass is 330 g/mol. The van der Waals surface area contributed by atoms with Gasteiger partial charge in [0.1, 0.15) is 5.82 Å². The lowest BCUT2D eigenvalue weighted by atomic mass is 9.78. The van der Waals surface area contributed by atoms with Gasteiger partial charge >= 0.3 is 0 Å². The van der Waals surface area contributed by atoms with Crippen LogP contribution < -0.4 is 0 Å². The third kappa shape index (κ3) is 3.39. The summed E-state index contributed by atoms with van der Waals surface area (Å²) in [5, 5.41) is 0. The first-order chi connectivity index (χ1) is 11.5. The van der Waals surface area contributed by atoms with E-state index in [2.05, 4.69) is 24.8 Å². The van der Waals surface area contributed by atoms with Crippen LogP contribution in [0.2, 0.25) is 0 Å². The van der Waals surface area contributed by atoms with E-state index in [1.807, 2.05) is 11.0 Å². The highest BCUT2D eigenvalue weighted by Crippen LogP contribution is 2.40. The van der Waals surface area contributed by atoms with Gasteiger partial charge < -0.3 is 4.90 Å². The normalized spacial score (nSPS) is 25.7. The van der Waals surface area contributed by atoms with Crippen molar-refractivity contribution in [3.05, 3.63) is 47.3 Å². The molecule has 1 unspecified atom stereocenters. The lowest BCUT2D eigenvalue weighted by Gasteiger charge is -2.39. The zero-order valence-corrected chi connectivity index (χ0v) is 14.7. The van der Waals surface area contributed by atoms with Crippen LogP contribution in [0.3, 0.4) is 0 Å². The minimum Gasteiger partial charge on any atom is -0.338 e. The molecule has 0 aromatic heterocycles. The number of carbonyl (C=O) groups excluding carboxylic acids is 1. The van der Waals surface area contributed by atoms with E-state index in [0.29, 0.717) is 12.1 Å². The fourth-order valence-electron chi connectivity index (χ4n) is 4.05. The van der Waals surface area contributed by atoms with Crippen molar-refractivity contribution in [2.24, 2.45) is 5.41 Å². The molecule has 1 atom stereocenters. The third-order valence-electron chi connectivity index (χ3n) is 5.54. The largest absolute Gasteiger partial charge is 0.338 e. The van der Waals surface area contributed by atoms with Gasteiger partial charge in [-0.05, 0) is 45.7 Å². The highest BCUT2D eigenvalue weighted by molar-refractivity contribution is 5.84. The third-order valence-corrected chi connectivity index (χ3v) is 5.54. The molecule has 0 bridgehead atoms. The average Bonchev–Trinajstić information content (AvgIpc) is 2.97. The molecule has 3 rings (SSSR count). The van der Waals surface area contributed by atoms with Crippen LogP contribution in [0.4, 0.5) is 4.39 Å². The van der Waals surface area contributed by atoms with Gasteiger partial charge in [-0.3, -0.25) is 9.69 Å². The van der Waals surface area contributed by atoms with E-state index in [4.69, 9.17) is 0 Å². The first-order valence-corrected chi connectivity index (χ1v) is 8.91. The number of hydrogen-bond acceptors (Lipinski definition) is 2. The second kappa shape index (κ2) is 7.06. The summed E-state index contributed by atoms with van der Waals surface area (Å²) in [6.07, 6.45) is 5.04. The van der Waals surface area contributed by atoms with E-state index >= 15 is 0 Å². The highest BCUT2D eigenvalue weighted by atomic mass is 19.1. The fourth-order valence-corrected chi connectivity index (χ4v) is 4.05. The van der Waals surface area contributed by atoms with Gasteiger partial charge in [-0.25, -0.2) is 4.39 Å². The SMILES string of the molecule is C/C=C(\C)CN1CCC2(CCCN(Cc3ccccc3F)C2=O)C1. The van der Waals surface area contributed by atoms with Crippen LogP contribution in [0.5, 0.6) is 0 Å². The quantitative estimate of drug-likeness (QED) is 0.788. The zero-order valence-electron chi connectivity index (χ0n) is 14.7. The summed E-state index contributed by atoms with van der Waals surface area (Å²) in [6, 6.07) is 6.77. The van der Waals surface area contributed by atoms with E-state index in [0.717, 1.165) is 45.4 Å². The Hall–Kier alpha value is -1.68. The smallest absolute Gasteiger partial charge is 0.230 e. The zero-order chi connectivity index (χ0) is 17.2. The van der Waals surface area contributed by atoms with E-state index < -0.39 is 0 Å². The Labute approximate surface area is 144 Å². The van der Waals surface area contributed by atoms with Crippen molar-refractivity contribution in [2.75, 3.05) is 26.2 Å². The van der Waals surface area contributed by atoms with Crippen molar-refractivity contribution in [1.82, 2.24) is 9.80 Å². The van der Waals surface area contributed by atoms with E-state index in [1.165, 1.54) is 11.6 Å². The van der Waals surface area contributed by atoms with E-state index in [1.54, 1.807) is 12.1 Å². The topological polar surface area (TPSA) is 23.6 Å². The first kappa shape index (κ1) is 17.2. The summed E-state index contributed by atoms with van der Waals surface area (Å²) in [5.74, 6) is -0.000635. The number of halogens is 1. The maximum Gasteiger partial charge on any atom is 0.230 e. The number of benzene rings is 1. The van der Waals surface area contributed by atoms with Crippen LogP contribution in [0.25, 0.3) is 0 Å². The molecule has 4 heteroatoms. The number of piperidine rings is 1. The molecule has 130 valence electrons. The van der Waals surface area contributed by atoms with Crippen LogP contribution in [0.15, 0.2) is 35.9 Å². The summed E-state index contributed by atoms with van der Waals surface area (Å²) in [7, 11) is 0. The van der Waals surface area contributed by atoms with Gasteiger partial charge in [-0.2, -0.15) is 0 Å². The molecule has 1 aromatic carbocycles. The minimum atomic E-state index is -0.252. The molecule has 3 nitrogen and oxygen atoms in total. The molecule has 2 saturated heterocycles. The summed E-state index contributed by atoms with van der Waals surface area (Å²) >= 11 is 0. The van der Waals surface area contributed by atoms with Crippen LogP contribution >= 0.6 is 0 Å². The van der Waals surface area contributed by atoms with Crippen molar-refractivity contribution in [2.45, 2.75) is 39.7 Å². The van der Waals surface area contributed by atoms with Crippen LogP contribution in [0, 0.1) is 11.2 Å². The molecule has 24 heavy (non-hydrogen) atoms. The molecule has 2 heterocycles. The predicted molar refractivity (Wildman–Crippen MR) is 94.0 cm³/mol. The Bertz CT molecular complexity index is 642. The first-order valence-electron chi connectivity index (χ1n) is 8.91. The van der Waals surface area contributed by atoms with E-state index in [9.17, 15) is 9.18 Å². The lowest BCUT2D eigenvalue weighted by Crippen LogP contribution is -2.49. The Balaban J connectivity index is 1.70. The molecule has 2 aliphatic rings. The van der Waals surface area contributed by atoms with Gasteiger partial charge in [0.25, 0.3) is 0 Å². The molecule has 0 radical (unpaired) electrons. The molecule has 0 saturated carbocycles. The second-order valence-corrected chi connectivity index (χ2v) is 7.30. The van der Waals surface area contributed by atoms with Gasteiger partial charge in [0.15, 0.2) is 0 Å². The van der Waals surface area contributed by atoms with Crippen LogP contribution in [-0.2, 0) is 11.3 Å². The standard InChI is InChI=1S/C20H27FN2O/c1-3-16(2)13-22-12-10-20(15-22)9-6-11-23(19(20)24)14-17-7-4-5-8-18(17)21/h3-5,7-8H,6,9-15H2,1-2H3/b16-3+. The maximum absolute atomic E-state index is 13.9. The lowest BCUT2D eigenvalue weighted by molar-refractivity contribution is -0.146. The number of rotatable bonds is 4. The number of hydrogen-bond donors (Lipinski definition) is 0. The van der Waals surface area contributed by atoms with Crippen LogP contribution in [-0.4, -0.2) is 41.9 Å². The number of allylic oxidation sites excluding steroid dienone is 1. The summed E-state index contributed by atoms with van der Waals surface area (Å²) < 4.78 is 13.9. The molecule has 2 fully saturated rings. The van der Waals surface area contributed by atoms with Gasteiger partial charge in [0, 0.05) is 31.7 Å².